The molecule has 7 heteroatoms. The average molecular weight is 283 g/mol. The van der Waals surface area contributed by atoms with E-state index < -0.39 is 17.7 Å². The summed E-state index contributed by atoms with van der Waals surface area (Å²) < 4.78 is 26.2. The number of nitrogens with one attached hydrogen (secondary N) is 1. The molecule has 19 heavy (non-hydrogen) atoms. The van der Waals surface area contributed by atoms with Gasteiger partial charge in [0.2, 0.25) is 5.95 Å². The molecule has 2 rings (SSSR count). The molecule has 100 valence electrons. The molecule has 0 unspecified atom stereocenters. The lowest BCUT2D eigenvalue weighted by atomic mass is 10.2. The molecule has 0 radical (unpaired) electrons. The SMILES string of the molecule is CCc1cnc(CNC(=O)c2ccnc(F)c2F)s1. The van der Waals surface area contributed by atoms with Crippen molar-refractivity contribution in [3.63, 3.8) is 0 Å². The van der Waals surface area contributed by atoms with Gasteiger partial charge in [-0.05, 0) is 12.5 Å². The van der Waals surface area contributed by atoms with E-state index in [2.05, 4.69) is 15.3 Å². The van der Waals surface area contributed by atoms with Gasteiger partial charge in [-0.15, -0.1) is 11.3 Å². The highest BCUT2D eigenvalue weighted by Gasteiger charge is 2.16. The molecule has 0 aliphatic carbocycles. The largest absolute Gasteiger partial charge is 0.345 e. The number of carbonyl (C=O) groups excluding carboxylic acids is 1. The predicted octanol–water partition coefficient (Wildman–Crippen LogP) is 2.31. The van der Waals surface area contributed by atoms with E-state index in [9.17, 15) is 13.6 Å². The van der Waals surface area contributed by atoms with Crippen molar-refractivity contribution in [3.8, 4) is 0 Å². The molecule has 0 saturated heterocycles. The quantitative estimate of drug-likeness (QED) is 0.876. The van der Waals surface area contributed by atoms with Crippen molar-refractivity contribution in [1.82, 2.24) is 15.3 Å². The minimum atomic E-state index is -1.28. The van der Waals surface area contributed by atoms with Crippen LogP contribution >= 0.6 is 11.3 Å². The number of hydrogen-bond donors (Lipinski definition) is 1. The van der Waals surface area contributed by atoms with Crippen LogP contribution in [0.25, 0.3) is 0 Å². The van der Waals surface area contributed by atoms with Gasteiger partial charge in [-0.25, -0.2) is 14.4 Å². The van der Waals surface area contributed by atoms with Crippen LogP contribution in [0.3, 0.4) is 0 Å². The molecular weight excluding hydrogens is 272 g/mol. The molecule has 0 aliphatic heterocycles. The molecule has 0 bridgehead atoms. The van der Waals surface area contributed by atoms with Gasteiger partial charge in [0, 0.05) is 17.3 Å². The maximum absolute atomic E-state index is 13.3. The number of thiazole rings is 1. The zero-order valence-electron chi connectivity index (χ0n) is 10.1. The maximum Gasteiger partial charge on any atom is 0.254 e. The maximum atomic E-state index is 13.3. The lowest BCUT2D eigenvalue weighted by Crippen LogP contribution is -2.24. The van der Waals surface area contributed by atoms with Crippen molar-refractivity contribution in [2.75, 3.05) is 0 Å². The van der Waals surface area contributed by atoms with Crippen molar-refractivity contribution in [3.05, 3.63) is 45.7 Å². The molecule has 1 N–H and O–H groups in total. The van der Waals surface area contributed by atoms with Crippen LogP contribution in [0.1, 0.15) is 27.2 Å². The predicted molar refractivity (Wildman–Crippen MR) is 66.8 cm³/mol. The van der Waals surface area contributed by atoms with Gasteiger partial charge >= 0.3 is 0 Å². The van der Waals surface area contributed by atoms with Crippen LogP contribution in [0, 0.1) is 11.8 Å². The first-order valence-electron chi connectivity index (χ1n) is 5.63. The third kappa shape index (κ3) is 3.11. The van der Waals surface area contributed by atoms with Gasteiger partial charge in [0.15, 0.2) is 5.82 Å². The van der Waals surface area contributed by atoms with E-state index in [1.807, 2.05) is 6.92 Å². The standard InChI is InChI=1S/C12H11F2N3OS/c1-2-7-5-16-9(19-7)6-17-12(18)8-3-4-15-11(14)10(8)13/h3-5H,2,6H2,1H3,(H,17,18). The Morgan fingerprint density at radius 1 is 1.42 bits per heavy atom. The van der Waals surface area contributed by atoms with Gasteiger partial charge in [-0.2, -0.15) is 4.39 Å². The number of carbonyl (C=O) groups is 1. The molecule has 0 spiro atoms. The molecule has 1 amide bonds. The fourth-order valence-corrected chi connectivity index (χ4v) is 2.24. The van der Waals surface area contributed by atoms with Crippen LogP contribution in [-0.4, -0.2) is 15.9 Å². The molecule has 2 heterocycles. The summed E-state index contributed by atoms with van der Waals surface area (Å²) in [6.07, 6.45) is 3.65. The van der Waals surface area contributed by atoms with Crippen LogP contribution in [0.5, 0.6) is 0 Å². The summed E-state index contributed by atoms with van der Waals surface area (Å²) in [6.45, 7) is 2.19. The van der Waals surface area contributed by atoms with Gasteiger partial charge < -0.3 is 5.32 Å². The molecule has 0 aromatic carbocycles. The van der Waals surface area contributed by atoms with E-state index in [4.69, 9.17) is 0 Å². The molecule has 4 nitrogen and oxygen atoms in total. The zero-order chi connectivity index (χ0) is 13.8. The molecule has 0 fully saturated rings. The highest BCUT2D eigenvalue weighted by atomic mass is 32.1. The second-order valence-electron chi connectivity index (χ2n) is 3.72. The third-order valence-electron chi connectivity index (χ3n) is 2.44. The van der Waals surface area contributed by atoms with E-state index in [-0.39, 0.29) is 12.1 Å². The molecule has 0 saturated carbocycles. The third-order valence-corrected chi connectivity index (χ3v) is 3.58. The van der Waals surface area contributed by atoms with E-state index >= 15 is 0 Å². The molecular formula is C12H11F2N3OS. The molecule has 2 aromatic heterocycles. The van der Waals surface area contributed by atoms with Crippen molar-refractivity contribution < 1.29 is 13.6 Å². The fraction of sp³-hybridized carbons (Fsp3) is 0.250. The lowest BCUT2D eigenvalue weighted by Gasteiger charge is -2.04. The summed E-state index contributed by atoms with van der Waals surface area (Å²) in [6, 6.07) is 1.13. The van der Waals surface area contributed by atoms with Crippen LogP contribution in [0.15, 0.2) is 18.5 Å². The topological polar surface area (TPSA) is 54.9 Å². The molecule has 2 aromatic rings. The van der Waals surface area contributed by atoms with Crippen LogP contribution in [-0.2, 0) is 13.0 Å². The van der Waals surface area contributed by atoms with E-state index in [0.29, 0.717) is 0 Å². The number of aromatic nitrogens is 2. The summed E-state index contributed by atoms with van der Waals surface area (Å²) in [5.74, 6) is -3.21. The van der Waals surface area contributed by atoms with Crippen LogP contribution < -0.4 is 5.32 Å². The first kappa shape index (κ1) is 13.5. The second kappa shape index (κ2) is 5.83. The van der Waals surface area contributed by atoms with Gasteiger partial charge in [-0.3, -0.25) is 4.79 Å². The Morgan fingerprint density at radius 3 is 2.89 bits per heavy atom. The minimum absolute atomic E-state index is 0.187. The summed E-state index contributed by atoms with van der Waals surface area (Å²) in [4.78, 5) is 20.0. The minimum Gasteiger partial charge on any atom is -0.345 e. The monoisotopic (exact) mass is 283 g/mol. The normalized spacial score (nSPS) is 10.5. The van der Waals surface area contributed by atoms with Crippen LogP contribution in [0.2, 0.25) is 0 Å². The number of hydrogen-bond acceptors (Lipinski definition) is 4. The van der Waals surface area contributed by atoms with Gasteiger partial charge in [-0.1, -0.05) is 6.92 Å². The van der Waals surface area contributed by atoms with E-state index in [1.165, 1.54) is 11.3 Å². The number of halogens is 2. The summed E-state index contributed by atoms with van der Waals surface area (Å²) in [5, 5.41) is 3.22. The Hall–Kier alpha value is -1.89. The highest BCUT2D eigenvalue weighted by molar-refractivity contribution is 7.11. The number of nitrogens with zero attached hydrogens (tertiary/aromatic N) is 2. The summed E-state index contributed by atoms with van der Waals surface area (Å²) in [7, 11) is 0. The molecule has 0 aliphatic rings. The van der Waals surface area contributed by atoms with E-state index in [1.54, 1.807) is 6.20 Å². The first-order chi connectivity index (χ1) is 9.11. The number of pyridine rings is 1. The van der Waals surface area contributed by atoms with Gasteiger partial charge in [0.1, 0.15) is 5.01 Å². The van der Waals surface area contributed by atoms with E-state index in [0.717, 1.165) is 28.6 Å². The summed E-state index contributed by atoms with van der Waals surface area (Å²) >= 11 is 1.47. The Kier molecular flexibility index (Phi) is 4.16. The van der Waals surface area contributed by atoms with Crippen LogP contribution in [0.4, 0.5) is 8.78 Å². The van der Waals surface area contributed by atoms with Crippen molar-refractivity contribution in [1.29, 1.82) is 0 Å². The Bertz CT molecular complexity index is 600. The Balaban J connectivity index is 2.03. The summed E-state index contributed by atoms with van der Waals surface area (Å²) in [5.41, 5.74) is -0.361. The van der Waals surface area contributed by atoms with Crippen molar-refractivity contribution in [2.24, 2.45) is 0 Å². The van der Waals surface area contributed by atoms with Crippen molar-refractivity contribution in [2.45, 2.75) is 19.9 Å². The zero-order valence-corrected chi connectivity index (χ0v) is 10.9. The Labute approximate surface area is 112 Å². The number of rotatable bonds is 4. The van der Waals surface area contributed by atoms with Gasteiger partial charge in [0.25, 0.3) is 5.91 Å². The number of amides is 1. The fourth-order valence-electron chi connectivity index (χ4n) is 1.44. The van der Waals surface area contributed by atoms with Crippen molar-refractivity contribution >= 4 is 17.2 Å². The smallest absolute Gasteiger partial charge is 0.254 e. The Morgan fingerprint density at radius 2 is 2.21 bits per heavy atom. The second-order valence-corrected chi connectivity index (χ2v) is 4.92. The first-order valence-corrected chi connectivity index (χ1v) is 6.45. The lowest BCUT2D eigenvalue weighted by molar-refractivity contribution is 0.0945. The average Bonchev–Trinajstić information content (AvgIpc) is 2.87. The van der Waals surface area contributed by atoms with Gasteiger partial charge in [0.05, 0.1) is 12.1 Å². The molecule has 0 atom stereocenters. The highest BCUT2D eigenvalue weighted by Crippen LogP contribution is 2.13. The number of aryl methyl sites for hydroxylation is 1.